The number of aromatic nitrogens is 2. The summed E-state index contributed by atoms with van der Waals surface area (Å²) in [5, 5.41) is 12.8. The number of anilines is 1. The SMILES string of the molecule is CC(C)(C(=O)Nc1ccc(C#N)cn1)[C@H]1C[C@H]2C[C@@H](c3ccnc4ccc(F)cc34)C[C@H]2C1. The minimum atomic E-state index is -0.512. The summed E-state index contributed by atoms with van der Waals surface area (Å²) >= 11 is 0. The number of halogens is 1. The molecule has 0 spiro atoms. The number of hydrogen-bond donors (Lipinski definition) is 1. The fourth-order valence-corrected chi connectivity index (χ4v) is 5.95. The molecule has 2 aliphatic carbocycles. The largest absolute Gasteiger partial charge is 0.310 e. The third-order valence-corrected chi connectivity index (χ3v) is 7.93. The van der Waals surface area contributed by atoms with Gasteiger partial charge < -0.3 is 5.32 Å². The number of nitrogens with zero attached hydrogens (tertiary/aromatic N) is 3. The van der Waals surface area contributed by atoms with Crippen LogP contribution in [0.15, 0.2) is 48.8 Å². The average molecular weight is 443 g/mol. The molecule has 168 valence electrons. The number of carbonyl (C=O) groups is 1. The second-order valence-electron chi connectivity index (χ2n) is 10.1. The van der Waals surface area contributed by atoms with Crippen molar-refractivity contribution in [2.24, 2.45) is 23.2 Å². The lowest BCUT2D eigenvalue weighted by Gasteiger charge is -2.31. The van der Waals surface area contributed by atoms with E-state index in [1.165, 1.54) is 17.8 Å². The van der Waals surface area contributed by atoms with Crippen molar-refractivity contribution in [1.82, 2.24) is 9.97 Å². The summed E-state index contributed by atoms with van der Waals surface area (Å²) < 4.78 is 13.9. The van der Waals surface area contributed by atoms with Gasteiger partial charge in [0.05, 0.1) is 11.1 Å². The van der Waals surface area contributed by atoms with Gasteiger partial charge >= 0.3 is 0 Å². The average Bonchev–Trinajstić information content (AvgIpc) is 3.39. The van der Waals surface area contributed by atoms with Crippen LogP contribution in [0.25, 0.3) is 10.9 Å². The van der Waals surface area contributed by atoms with Gasteiger partial charge in [0.1, 0.15) is 17.7 Å². The topological polar surface area (TPSA) is 78.7 Å². The molecule has 5 nitrogen and oxygen atoms in total. The van der Waals surface area contributed by atoms with Crippen LogP contribution >= 0.6 is 0 Å². The first-order valence-electron chi connectivity index (χ1n) is 11.6. The molecule has 2 heterocycles. The van der Waals surface area contributed by atoms with Crippen LogP contribution in [0.1, 0.15) is 56.6 Å². The highest BCUT2D eigenvalue weighted by Crippen LogP contribution is 2.56. The molecule has 2 fully saturated rings. The van der Waals surface area contributed by atoms with E-state index in [-0.39, 0.29) is 11.7 Å². The van der Waals surface area contributed by atoms with Crippen LogP contribution in [-0.2, 0) is 4.79 Å². The summed E-state index contributed by atoms with van der Waals surface area (Å²) in [6.07, 6.45) is 7.51. The highest BCUT2D eigenvalue weighted by atomic mass is 19.1. The van der Waals surface area contributed by atoms with Gasteiger partial charge in [-0.2, -0.15) is 5.26 Å². The van der Waals surface area contributed by atoms with Crippen LogP contribution in [0.3, 0.4) is 0 Å². The number of nitriles is 1. The van der Waals surface area contributed by atoms with Gasteiger partial charge in [0.2, 0.25) is 5.91 Å². The fourth-order valence-electron chi connectivity index (χ4n) is 5.95. The second kappa shape index (κ2) is 8.22. The van der Waals surface area contributed by atoms with E-state index in [1.54, 1.807) is 24.3 Å². The number of nitrogens with one attached hydrogen (secondary N) is 1. The maximum absolute atomic E-state index is 13.9. The Labute approximate surface area is 193 Å². The van der Waals surface area contributed by atoms with Gasteiger partial charge in [0, 0.05) is 23.2 Å². The number of fused-ring (bicyclic) bond motifs is 2. The molecule has 0 radical (unpaired) electrons. The summed E-state index contributed by atoms with van der Waals surface area (Å²) in [6.45, 7) is 4.04. The van der Waals surface area contributed by atoms with Crippen LogP contribution in [-0.4, -0.2) is 15.9 Å². The van der Waals surface area contributed by atoms with Gasteiger partial charge in [-0.3, -0.25) is 9.78 Å². The van der Waals surface area contributed by atoms with Crippen LogP contribution in [0.5, 0.6) is 0 Å². The number of pyridine rings is 2. The minimum Gasteiger partial charge on any atom is -0.310 e. The van der Waals surface area contributed by atoms with E-state index >= 15 is 0 Å². The second-order valence-corrected chi connectivity index (χ2v) is 10.1. The highest BCUT2D eigenvalue weighted by molar-refractivity contribution is 5.94. The summed E-state index contributed by atoms with van der Waals surface area (Å²) in [6, 6.07) is 12.2. The van der Waals surface area contributed by atoms with Gasteiger partial charge in [-0.25, -0.2) is 9.37 Å². The first-order chi connectivity index (χ1) is 15.8. The number of amides is 1. The van der Waals surface area contributed by atoms with Gasteiger partial charge in [0.15, 0.2) is 0 Å². The third-order valence-electron chi connectivity index (χ3n) is 7.93. The maximum Gasteiger partial charge on any atom is 0.231 e. The Morgan fingerprint density at radius 2 is 1.85 bits per heavy atom. The van der Waals surface area contributed by atoms with Crippen molar-refractivity contribution in [3.63, 3.8) is 0 Å². The standard InChI is InChI=1S/C27H27FN4O/c1-27(2,26(33)32-25-6-3-16(14-29)15-31-25)20-11-17-9-19(10-18(17)12-20)22-7-8-30-24-5-4-21(28)13-23(22)24/h3-8,13,15,17-20H,9-12H2,1-2H3,(H,31,32,33)/t17-,18+,19-,20+. The Bertz CT molecular complexity index is 1230. The molecule has 1 amide bonds. The molecule has 0 aliphatic heterocycles. The lowest BCUT2D eigenvalue weighted by molar-refractivity contribution is -0.126. The molecule has 1 N–H and O–H groups in total. The summed E-state index contributed by atoms with van der Waals surface area (Å²) in [5.74, 6) is 2.10. The molecule has 0 unspecified atom stereocenters. The maximum atomic E-state index is 13.9. The molecule has 33 heavy (non-hydrogen) atoms. The van der Waals surface area contributed by atoms with Crippen molar-refractivity contribution in [3.8, 4) is 6.07 Å². The van der Waals surface area contributed by atoms with Crippen molar-refractivity contribution in [3.05, 3.63) is 65.7 Å². The van der Waals surface area contributed by atoms with Gasteiger partial charge in [-0.05, 0) is 91.3 Å². The van der Waals surface area contributed by atoms with Crippen LogP contribution in [0.4, 0.5) is 10.2 Å². The quantitative estimate of drug-likeness (QED) is 0.552. The van der Waals surface area contributed by atoms with Crippen LogP contribution in [0.2, 0.25) is 0 Å². The lowest BCUT2D eigenvalue weighted by Crippen LogP contribution is -2.37. The molecule has 2 aromatic heterocycles. The first kappa shape index (κ1) is 21.5. The molecule has 1 aromatic carbocycles. The predicted octanol–water partition coefficient (Wildman–Crippen LogP) is 5.83. The number of hydrogen-bond acceptors (Lipinski definition) is 4. The van der Waals surface area contributed by atoms with E-state index in [0.29, 0.717) is 35.1 Å². The van der Waals surface area contributed by atoms with Gasteiger partial charge in [0.25, 0.3) is 0 Å². The lowest BCUT2D eigenvalue weighted by atomic mass is 9.75. The van der Waals surface area contributed by atoms with E-state index in [0.717, 1.165) is 36.6 Å². The molecule has 2 aliphatic rings. The van der Waals surface area contributed by atoms with Gasteiger partial charge in [-0.15, -0.1) is 0 Å². The van der Waals surface area contributed by atoms with E-state index in [4.69, 9.17) is 5.26 Å². The molecule has 6 heteroatoms. The van der Waals surface area contributed by atoms with E-state index in [1.807, 2.05) is 32.2 Å². The Morgan fingerprint density at radius 1 is 1.09 bits per heavy atom. The van der Waals surface area contributed by atoms with E-state index in [9.17, 15) is 9.18 Å². The van der Waals surface area contributed by atoms with E-state index < -0.39 is 5.41 Å². The summed E-state index contributed by atoms with van der Waals surface area (Å²) in [4.78, 5) is 21.7. The predicted molar refractivity (Wildman–Crippen MR) is 125 cm³/mol. The zero-order valence-corrected chi connectivity index (χ0v) is 18.9. The van der Waals surface area contributed by atoms with Crippen molar-refractivity contribution >= 4 is 22.6 Å². The zero-order chi connectivity index (χ0) is 23.2. The van der Waals surface area contributed by atoms with Crippen molar-refractivity contribution < 1.29 is 9.18 Å². The molecular formula is C27H27FN4O. The molecule has 0 saturated heterocycles. The fraction of sp³-hybridized carbons (Fsp3) is 0.407. The van der Waals surface area contributed by atoms with Crippen molar-refractivity contribution in [2.75, 3.05) is 5.32 Å². The number of benzene rings is 1. The molecular weight excluding hydrogens is 415 g/mol. The smallest absolute Gasteiger partial charge is 0.231 e. The Balaban J connectivity index is 1.27. The summed E-state index contributed by atoms with van der Waals surface area (Å²) in [7, 11) is 0. The van der Waals surface area contributed by atoms with Crippen LogP contribution in [0, 0.1) is 40.3 Å². The Kier molecular flexibility index (Phi) is 5.36. The monoisotopic (exact) mass is 442 g/mol. The Morgan fingerprint density at radius 3 is 2.52 bits per heavy atom. The minimum absolute atomic E-state index is 0.0307. The molecule has 2 saturated carbocycles. The molecule has 5 rings (SSSR count). The normalized spacial score (nSPS) is 24.4. The Hall–Kier alpha value is -3.33. The van der Waals surface area contributed by atoms with Crippen LogP contribution < -0.4 is 5.32 Å². The zero-order valence-electron chi connectivity index (χ0n) is 18.9. The molecule has 4 atom stereocenters. The van der Waals surface area contributed by atoms with Gasteiger partial charge in [-0.1, -0.05) is 13.8 Å². The van der Waals surface area contributed by atoms with Crippen molar-refractivity contribution in [2.45, 2.75) is 45.4 Å². The molecule has 0 bridgehead atoms. The first-order valence-corrected chi connectivity index (χ1v) is 11.6. The summed E-state index contributed by atoms with van der Waals surface area (Å²) in [5.41, 5.74) is 2.00. The highest BCUT2D eigenvalue weighted by Gasteiger charge is 2.49. The third kappa shape index (κ3) is 3.97. The molecule has 3 aromatic rings. The van der Waals surface area contributed by atoms with Crippen molar-refractivity contribution in [1.29, 1.82) is 5.26 Å². The number of rotatable bonds is 4. The number of carbonyl (C=O) groups excluding carboxylic acids is 1. The van der Waals surface area contributed by atoms with E-state index in [2.05, 4.69) is 15.3 Å².